The number of hydrogen-bond acceptors (Lipinski definition) is 7. The molecule has 1 fully saturated rings. The van der Waals surface area contributed by atoms with Gasteiger partial charge in [0.25, 0.3) is 15.7 Å². The molecule has 0 saturated carbocycles. The number of benzene rings is 3. The second kappa shape index (κ2) is 13.0. The topological polar surface area (TPSA) is 139 Å². The average molecular weight is 655 g/mol. The van der Waals surface area contributed by atoms with Gasteiger partial charge in [0, 0.05) is 32.2 Å². The summed E-state index contributed by atoms with van der Waals surface area (Å²) < 4.78 is 35.6. The first kappa shape index (κ1) is 34.2. The van der Waals surface area contributed by atoms with Crippen molar-refractivity contribution in [1.82, 2.24) is 4.31 Å². The molecule has 242 valence electrons. The zero-order valence-electron chi connectivity index (χ0n) is 26.9. The Labute approximate surface area is 265 Å². The number of anilines is 2. The molecule has 1 N–H and O–H groups in total. The quantitative estimate of drug-likeness (QED) is 0.155. The molecule has 45 heavy (non-hydrogen) atoms. The van der Waals surface area contributed by atoms with Crippen LogP contribution in [-0.2, 0) is 24.0 Å². The van der Waals surface area contributed by atoms with Gasteiger partial charge in [-0.1, -0.05) is 64.1 Å². The van der Waals surface area contributed by atoms with Gasteiger partial charge in [0.05, 0.1) is 16.3 Å². The number of nitro benzene ring substituents is 1. The highest BCUT2D eigenvalue weighted by atomic mass is 32.2. The molecule has 3 aromatic rings. The second-order valence-corrected chi connectivity index (χ2v) is 19.4. The van der Waals surface area contributed by atoms with Gasteiger partial charge >= 0.3 is 0 Å². The fourth-order valence-electron chi connectivity index (χ4n) is 5.27. The molecule has 11 nitrogen and oxygen atoms in total. The summed E-state index contributed by atoms with van der Waals surface area (Å²) in [4.78, 5) is 39.2. The van der Waals surface area contributed by atoms with E-state index in [9.17, 15) is 28.1 Å². The van der Waals surface area contributed by atoms with E-state index in [-0.39, 0.29) is 43.5 Å². The number of hydrogen-bond donors (Lipinski definition) is 1. The third-order valence-corrected chi connectivity index (χ3v) is 15.4. The number of nitro groups is 1. The Morgan fingerprint density at radius 3 is 2.40 bits per heavy atom. The van der Waals surface area contributed by atoms with E-state index in [0.29, 0.717) is 11.4 Å². The first-order valence-corrected chi connectivity index (χ1v) is 19.4. The van der Waals surface area contributed by atoms with Crippen LogP contribution >= 0.6 is 0 Å². The van der Waals surface area contributed by atoms with Crippen LogP contribution in [-0.4, -0.2) is 63.5 Å². The highest BCUT2D eigenvalue weighted by Gasteiger charge is 2.45. The fraction of sp³-hybridized carbons (Fsp3) is 0.438. The maximum atomic E-state index is 14.5. The van der Waals surface area contributed by atoms with Crippen LogP contribution in [0.2, 0.25) is 18.1 Å². The first-order chi connectivity index (χ1) is 21.0. The van der Waals surface area contributed by atoms with Crippen LogP contribution in [0.4, 0.5) is 17.1 Å². The summed E-state index contributed by atoms with van der Waals surface area (Å²) in [7, 11) is -6.71. The predicted octanol–water partition coefficient (Wildman–Crippen LogP) is 6.22. The summed E-state index contributed by atoms with van der Waals surface area (Å²) in [6, 6.07) is 13.4. The highest BCUT2D eigenvalue weighted by Crippen LogP contribution is 2.40. The second-order valence-electron chi connectivity index (χ2n) is 12.8. The van der Waals surface area contributed by atoms with E-state index in [2.05, 4.69) is 39.2 Å². The molecule has 2 amide bonds. The van der Waals surface area contributed by atoms with Crippen molar-refractivity contribution < 1.29 is 27.4 Å². The fourth-order valence-corrected chi connectivity index (χ4v) is 8.09. The van der Waals surface area contributed by atoms with Crippen molar-refractivity contribution in [2.75, 3.05) is 29.9 Å². The molecule has 1 atom stereocenters. The van der Waals surface area contributed by atoms with Crippen molar-refractivity contribution in [2.24, 2.45) is 0 Å². The van der Waals surface area contributed by atoms with Gasteiger partial charge in [0.15, 0.2) is 13.2 Å². The van der Waals surface area contributed by atoms with Crippen LogP contribution in [0, 0.1) is 17.0 Å². The van der Waals surface area contributed by atoms with Gasteiger partial charge in [-0.25, -0.2) is 8.42 Å². The van der Waals surface area contributed by atoms with Crippen molar-refractivity contribution >= 4 is 58.0 Å². The minimum absolute atomic E-state index is 0.0228. The van der Waals surface area contributed by atoms with Crippen molar-refractivity contribution in [3.05, 3.63) is 70.3 Å². The molecule has 0 bridgehead atoms. The van der Waals surface area contributed by atoms with E-state index < -0.39 is 45.8 Å². The van der Waals surface area contributed by atoms with Crippen LogP contribution < -0.4 is 10.2 Å². The molecule has 4 rings (SSSR count). The van der Waals surface area contributed by atoms with Crippen molar-refractivity contribution in [3.8, 4) is 0 Å². The minimum Gasteiger partial charge on any atom is -0.417 e. The van der Waals surface area contributed by atoms with Crippen LogP contribution in [0.5, 0.6) is 0 Å². The number of piperazine rings is 1. The van der Waals surface area contributed by atoms with E-state index in [1.807, 2.05) is 37.3 Å². The summed E-state index contributed by atoms with van der Waals surface area (Å²) in [5.74, 6) is -0.720. The standard InChI is InChI=1S/C32H42N4O7SSi/c1-8-29(37)33-30-22(2)24-14-10-9-13-23(24)21-27(30)34-18-19-35(44(41,42)28-16-12-11-15-25(28)36(39)40)26(31(34)38)17-20-43-45(6,7)32(3,4)5/h9-16,21,26H,8,17-20H2,1-7H3,(H,33,37). The molecule has 1 heterocycles. The van der Waals surface area contributed by atoms with E-state index in [1.165, 1.54) is 23.1 Å². The lowest BCUT2D eigenvalue weighted by Crippen LogP contribution is -2.59. The van der Waals surface area contributed by atoms with E-state index in [4.69, 9.17) is 4.43 Å². The van der Waals surface area contributed by atoms with Gasteiger partial charge in [0.1, 0.15) is 6.04 Å². The number of para-hydroxylation sites is 1. The summed E-state index contributed by atoms with van der Waals surface area (Å²) >= 11 is 0. The number of carbonyl (C=O) groups is 2. The molecule has 3 aromatic carbocycles. The van der Waals surface area contributed by atoms with Gasteiger partial charge in [0.2, 0.25) is 11.8 Å². The van der Waals surface area contributed by atoms with Gasteiger partial charge in [-0.3, -0.25) is 19.7 Å². The number of nitrogens with zero attached hydrogens (tertiary/aromatic N) is 3. The van der Waals surface area contributed by atoms with E-state index >= 15 is 0 Å². The Balaban J connectivity index is 1.81. The molecule has 1 unspecified atom stereocenters. The van der Waals surface area contributed by atoms with E-state index in [1.54, 1.807) is 6.92 Å². The summed E-state index contributed by atoms with van der Waals surface area (Å²) in [5.41, 5.74) is 1.18. The van der Waals surface area contributed by atoms with Gasteiger partial charge < -0.3 is 14.6 Å². The molecule has 0 aromatic heterocycles. The van der Waals surface area contributed by atoms with E-state index in [0.717, 1.165) is 26.7 Å². The Hall–Kier alpha value is -3.65. The summed E-state index contributed by atoms with van der Waals surface area (Å²) in [6.45, 7) is 14.0. The van der Waals surface area contributed by atoms with Crippen molar-refractivity contribution in [1.29, 1.82) is 0 Å². The van der Waals surface area contributed by atoms with Crippen molar-refractivity contribution in [2.45, 2.75) is 76.5 Å². The van der Waals surface area contributed by atoms with Crippen LogP contribution in [0.3, 0.4) is 0 Å². The minimum atomic E-state index is -4.47. The average Bonchev–Trinajstić information content (AvgIpc) is 2.98. The number of fused-ring (bicyclic) bond motifs is 1. The lowest BCUT2D eigenvalue weighted by Gasteiger charge is -2.41. The van der Waals surface area contributed by atoms with Crippen LogP contribution in [0.15, 0.2) is 59.5 Å². The largest absolute Gasteiger partial charge is 0.417 e. The molecule has 0 spiro atoms. The summed E-state index contributed by atoms with van der Waals surface area (Å²) in [6.07, 6.45) is 0.278. The Bertz CT molecular complexity index is 1740. The van der Waals surface area contributed by atoms with Gasteiger partial charge in [-0.05, 0) is 59.9 Å². The third kappa shape index (κ3) is 6.81. The number of carbonyl (C=O) groups excluding carboxylic acids is 2. The maximum absolute atomic E-state index is 14.5. The monoisotopic (exact) mass is 654 g/mol. The molecular formula is C32H42N4O7SSi. The molecule has 0 aliphatic carbocycles. The molecule has 1 aliphatic heterocycles. The summed E-state index contributed by atoms with van der Waals surface area (Å²) in [5, 5.41) is 16.4. The Morgan fingerprint density at radius 1 is 1.11 bits per heavy atom. The van der Waals surface area contributed by atoms with Crippen LogP contribution in [0.25, 0.3) is 10.8 Å². The maximum Gasteiger partial charge on any atom is 0.289 e. The number of rotatable bonds is 10. The molecule has 1 saturated heterocycles. The SMILES string of the molecule is CCC(=O)Nc1c(N2CCN(S(=O)(=O)c3ccccc3[N+](=O)[O-])C(CCO[Si](C)(C)C(C)(C)C)C2=O)cc2ccccc2c1C. The normalized spacial score (nSPS) is 16.6. The Morgan fingerprint density at radius 2 is 1.76 bits per heavy atom. The van der Waals surface area contributed by atoms with Gasteiger partial charge in [-0.15, -0.1) is 0 Å². The lowest BCUT2D eigenvalue weighted by atomic mass is 10.00. The highest BCUT2D eigenvalue weighted by molar-refractivity contribution is 7.89. The smallest absolute Gasteiger partial charge is 0.289 e. The predicted molar refractivity (Wildman–Crippen MR) is 179 cm³/mol. The number of aryl methyl sites for hydroxylation is 1. The molecule has 1 aliphatic rings. The number of amides is 2. The molecule has 0 radical (unpaired) electrons. The first-order valence-electron chi connectivity index (χ1n) is 15.0. The number of sulfonamides is 1. The Kier molecular flexibility index (Phi) is 9.88. The lowest BCUT2D eigenvalue weighted by molar-refractivity contribution is -0.387. The zero-order valence-corrected chi connectivity index (χ0v) is 28.7. The molecule has 13 heteroatoms. The number of nitrogens with one attached hydrogen (secondary N) is 1. The van der Waals surface area contributed by atoms with Crippen molar-refractivity contribution in [3.63, 3.8) is 0 Å². The third-order valence-electron chi connectivity index (χ3n) is 8.92. The molecular weight excluding hydrogens is 613 g/mol. The van der Waals surface area contributed by atoms with Crippen LogP contribution in [0.1, 0.15) is 46.1 Å². The zero-order chi connectivity index (χ0) is 33.3. The van der Waals surface area contributed by atoms with Gasteiger partial charge in [-0.2, -0.15) is 4.31 Å².